The fraction of sp³-hybridized carbons (Fsp3) is 0.458. The smallest absolute Gasteiger partial charge is 0.233 e. The van der Waals surface area contributed by atoms with E-state index in [1.807, 2.05) is 33.3 Å². The van der Waals surface area contributed by atoms with Gasteiger partial charge in [-0.3, -0.25) is 9.36 Å². The molecule has 0 spiro atoms. The first-order chi connectivity index (χ1) is 15.5. The second-order valence-electron chi connectivity index (χ2n) is 8.54. The Morgan fingerprint density at radius 2 is 1.84 bits per heavy atom. The standard InChI is InChI=1S/C24H31N5O2S/c1-27(2)19-13-11-18(12-14-19)16-28(3)22(30)17-32-24-26-25-23(21-10-7-15-31-21)29(24)20-8-5-4-6-9-20/h7,10-15,20H,4-6,8-9,16-17H2,1-3H3. The second-order valence-corrected chi connectivity index (χ2v) is 9.49. The third kappa shape index (κ3) is 5.18. The number of aromatic nitrogens is 3. The molecule has 3 aromatic rings. The average Bonchev–Trinajstić information content (AvgIpc) is 3.48. The Labute approximate surface area is 193 Å². The Balaban J connectivity index is 1.43. The van der Waals surface area contributed by atoms with Crippen LogP contribution in [0, 0.1) is 0 Å². The van der Waals surface area contributed by atoms with Crippen molar-refractivity contribution in [3.8, 4) is 11.6 Å². The van der Waals surface area contributed by atoms with Crippen LogP contribution in [0.15, 0.2) is 52.2 Å². The van der Waals surface area contributed by atoms with Gasteiger partial charge in [0.05, 0.1) is 12.0 Å². The van der Waals surface area contributed by atoms with Crippen LogP contribution in [0.3, 0.4) is 0 Å². The van der Waals surface area contributed by atoms with E-state index in [1.165, 1.54) is 31.0 Å². The summed E-state index contributed by atoms with van der Waals surface area (Å²) in [5, 5.41) is 9.64. The summed E-state index contributed by atoms with van der Waals surface area (Å²) in [7, 11) is 5.89. The first kappa shape index (κ1) is 22.5. The van der Waals surface area contributed by atoms with E-state index in [9.17, 15) is 4.79 Å². The van der Waals surface area contributed by atoms with Crippen LogP contribution in [-0.2, 0) is 11.3 Å². The van der Waals surface area contributed by atoms with Crippen molar-refractivity contribution in [3.05, 3.63) is 48.2 Å². The number of thioether (sulfide) groups is 1. The molecule has 1 aromatic carbocycles. The number of nitrogens with zero attached hydrogens (tertiary/aromatic N) is 5. The van der Waals surface area contributed by atoms with Gasteiger partial charge in [-0.2, -0.15) is 0 Å². The molecule has 2 heterocycles. The van der Waals surface area contributed by atoms with Crippen molar-refractivity contribution >= 4 is 23.4 Å². The molecular formula is C24H31N5O2S. The number of hydrogen-bond acceptors (Lipinski definition) is 6. The van der Waals surface area contributed by atoms with Gasteiger partial charge in [0.1, 0.15) is 0 Å². The second kappa shape index (κ2) is 10.3. The summed E-state index contributed by atoms with van der Waals surface area (Å²) in [6, 6.07) is 12.4. The number of amides is 1. The molecule has 0 N–H and O–H groups in total. The first-order valence-electron chi connectivity index (χ1n) is 11.1. The first-order valence-corrected chi connectivity index (χ1v) is 12.1. The van der Waals surface area contributed by atoms with Crippen LogP contribution in [0.25, 0.3) is 11.6 Å². The molecule has 7 nitrogen and oxygen atoms in total. The largest absolute Gasteiger partial charge is 0.461 e. The van der Waals surface area contributed by atoms with Crippen molar-refractivity contribution in [1.29, 1.82) is 0 Å². The van der Waals surface area contributed by atoms with Gasteiger partial charge in [-0.25, -0.2) is 0 Å². The van der Waals surface area contributed by atoms with E-state index in [0.29, 0.717) is 18.3 Å². The van der Waals surface area contributed by atoms with Gasteiger partial charge in [0.15, 0.2) is 10.9 Å². The van der Waals surface area contributed by atoms with Gasteiger partial charge >= 0.3 is 0 Å². The Kier molecular flexibility index (Phi) is 7.19. The SMILES string of the molecule is CN(Cc1ccc(N(C)C)cc1)C(=O)CSc1nnc(-c2ccco2)n1C1CCCCC1. The van der Waals surface area contributed by atoms with Crippen molar-refractivity contribution in [3.63, 3.8) is 0 Å². The van der Waals surface area contributed by atoms with Crippen molar-refractivity contribution in [2.24, 2.45) is 0 Å². The summed E-state index contributed by atoms with van der Waals surface area (Å²) in [4.78, 5) is 16.7. The topological polar surface area (TPSA) is 67.4 Å². The lowest BCUT2D eigenvalue weighted by molar-refractivity contribution is -0.127. The Bertz CT molecular complexity index is 1010. The molecular weight excluding hydrogens is 422 g/mol. The van der Waals surface area contributed by atoms with E-state index in [1.54, 1.807) is 11.2 Å². The van der Waals surface area contributed by atoms with Crippen LogP contribution in [0.4, 0.5) is 5.69 Å². The van der Waals surface area contributed by atoms with E-state index < -0.39 is 0 Å². The molecule has 1 fully saturated rings. The fourth-order valence-electron chi connectivity index (χ4n) is 4.12. The predicted octanol–water partition coefficient (Wildman–Crippen LogP) is 4.86. The number of benzene rings is 1. The van der Waals surface area contributed by atoms with Gasteiger partial charge in [-0.05, 0) is 42.7 Å². The van der Waals surface area contributed by atoms with Crippen LogP contribution in [0.2, 0.25) is 0 Å². The van der Waals surface area contributed by atoms with E-state index in [2.05, 4.69) is 43.9 Å². The Morgan fingerprint density at radius 1 is 1.09 bits per heavy atom. The Hall–Kier alpha value is -2.74. The molecule has 2 aromatic heterocycles. The molecule has 1 amide bonds. The molecule has 0 radical (unpaired) electrons. The molecule has 0 saturated heterocycles. The molecule has 0 bridgehead atoms. The highest BCUT2D eigenvalue weighted by molar-refractivity contribution is 7.99. The third-order valence-corrected chi connectivity index (χ3v) is 6.90. The fourth-order valence-corrected chi connectivity index (χ4v) is 5.06. The van der Waals surface area contributed by atoms with E-state index in [-0.39, 0.29) is 5.91 Å². The molecule has 0 atom stereocenters. The van der Waals surface area contributed by atoms with Gasteiger partial charge in [-0.15, -0.1) is 10.2 Å². The van der Waals surface area contributed by atoms with Crippen LogP contribution in [-0.4, -0.2) is 52.5 Å². The molecule has 0 unspecified atom stereocenters. The number of rotatable bonds is 8. The summed E-state index contributed by atoms with van der Waals surface area (Å²) in [6.07, 6.45) is 7.56. The lowest BCUT2D eigenvalue weighted by Gasteiger charge is -2.25. The van der Waals surface area contributed by atoms with Gasteiger partial charge in [-0.1, -0.05) is 43.2 Å². The zero-order valence-corrected chi connectivity index (χ0v) is 19.8. The van der Waals surface area contributed by atoms with Gasteiger partial charge in [0.2, 0.25) is 11.7 Å². The zero-order valence-electron chi connectivity index (χ0n) is 19.0. The lowest BCUT2D eigenvalue weighted by Crippen LogP contribution is -2.28. The highest BCUT2D eigenvalue weighted by Crippen LogP contribution is 2.35. The summed E-state index contributed by atoms with van der Waals surface area (Å²) >= 11 is 1.46. The normalized spacial score (nSPS) is 14.5. The zero-order chi connectivity index (χ0) is 22.5. The van der Waals surface area contributed by atoms with Gasteiger partial charge in [0, 0.05) is 39.4 Å². The van der Waals surface area contributed by atoms with Crippen molar-refractivity contribution in [2.75, 3.05) is 31.8 Å². The third-order valence-electron chi connectivity index (χ3n) is 5.97. The maximum atomic E-state index is 12.8. The number of carbonyl (C=O) groups excluding carboxylic acids is 1. The minimum Gasteiger partial charge on any atom is -0.461 e. The summed E-state index contributed by atoms with van der Waals surface area (Å²) < 4.78 is 7.80. The molecule has 0 aliphatic heterocycles. The maximum Gasteiger partial charge on any atom is 0.233 e. The van der Waals surface area contributed by atoms with Crippen molar-refractivity contribution in [1.82, 2.24) is 19.7 Å². The molecule has 4 rings (SSSR count). The molecule has 1 saturated carbocycles. The minimum absolute atomic E-state index is 0.0735. The van der Waals surface area contributed by atoms with E-state index in [4.69, 9.17) is 4.42 Å². The van der Waals surface area contributed by atoms with E-state index >= 15 is 0 Å². The average molecular weight is 454 g/mol. The van der Waals surface area contributed by atoms with Crippen LogP contribution < -0.4 is 4.90 Å². The highest BCUT2D eigenvalue weighted by atomic mass is 32.2. The predicted molar refractivity (Wildman–Crippen MR) is 128 cm³/mol. The number of furan rings is 1. The minimum atomic E-state index is 0.0735. The lowest BCUT2D eigenvalue weighted by atomic mass is 9.95. The molecule has 1 aliphatic carbocycles. The number of carbonyl (C=O) groups is 1. The highest BCUT2D eigenvalue weighted by Gasteiger charge is 2.25. The quantitative estimate of drug-likeness (QED) is 0.454. The van der Waals surface area contributed by atoms with Crippen molar-refractivity contribution < 1.29 is 9.21 Å². The monoisotopic (exact) mass is 453 g/mol. The summed E-state index contributed by atoms with van der Waals surface area (Å²) in [6.45, 7) is 0.583. The molecule has 170 valence electrons. The van der Waals surface area contributed by atoms with Gasteiger partial charge < -0.3 is 14.2 Å². The van der Waals surface area contributed by atoms with Crippen LogP contribution >= 0.6 is 11.8 Å². The number of hydrogen-bond donors (Lipinski definition) is 0. The van der Waals surface area contributed by atoms with E-state index in [0.717, 1.165) is 40.8 Å². The summed E-state index contributed by atoms with van der Waals surface area (Å²) in [5.41, 5.74) is 2.26. The molecule has 8 heteroatoms. The molecule has 1 aliphatic rings. The maximum absolute atomic E-state index is 12.8. The summed E-state index contributed by atoms with van der Waals surface area (Å²) in [5.74, 6) is 1.88. The van der Waals surface area contributed by atoms with Gasteiger partial charge in [0.25, 0.3) is 0 Å². The van der Waals surface area contributed by atoms with Crippen LogP contribution in [0.5, 0.6) is 0 Å². The van der Waals surface area contributed by atoms with Crippen molar-refractivity contribution in [2.45, 2.75) is 49.8 Å². The number of anilines is 1. The van der Waals surface area contributed by atoms with Crippen LogP contribution in [0.1, 0.15) is 43.7 Å². The molecule has 32 heavy (non-hydrogen) atoms. The Morgan fingerprint density at radius 3 is 2.50 bits per heavy atom.